The number of rotatable bonds is 5. The number of nitrogens with zero attached hydrogens (tertiary/aromatic N) is 4. The Bertz CT molecular complexity index is 1630. The molecule has 3 aromatic carbocycles. The Kier molecular flexibility index (Phi) is 5.03. The van der Waals surface area contributed by atoms with Gasteiger partial charge in [0.15, 0.2) is 5.76 Å². The number of thiophene rings is 1. The normalized spacial score (nSPS) is 15.5. The predicted octanol–water partition coefficient (Wildman–Crippen LogP) is 7.70. The third-order valence-corrected chi connectivity index (χ3v) is 7.44. The lowest BCUT2D eigenvalue weighted by molar-refractivity contribution is 0.623. The summed E-state index contributed by atoms with van der Waals surface area (Å²) in [5, 5.41) is 15.5. The maximum absolute atomic E-state index is 6.31. The number of hydrogen-bond acceptors (Lipinski definition) is 5. The second kappa shape index (κ2) is 8.66. The summed E-state index contributed by atoms with van der Waals surface area (Å²) in [4.78, 5) is 1.19. The minimum atomic E-state index is -0.0230. The van der Waals surface area contributed by atoms with Gasteiger partial charge in [0.25, 0.3) is 0 Å². The predicted molar refractivity (Wildman–Crippen MR) is 146 cm³/mol. The van der Waals surface area contributed by atoms with Crippen molar-refractivity contribution >= 4 is 33.7 Å². The van der Waals surface area contributed by atoms with Gasteiger partial charge in [-0.05, 0) is 47.8 Å². The first kappa shape index (κ1) is 20.9. The average Bonchev–Trinajstić information content (AvgIpc) is 3.73. The maximum Gasteiger partial charge on any atom is 0.156 e. The summed E-state index contributed by atoms with van der Waals surface area (Å²) in [6, 6.07) is 34.9. The molecule has 0 radical (unpaired) electrons. The van der Waals surface area contributed by atoms with E-state index < -0.39 is 0 Å². The fourth-order valence-electron chi connectivity index (χ4n) is 4.80. The van der Waals surface area contributed by atoms with E-state index in [9.17, 15) is 0 Å². The minimum absolute atomic E-state index is 0.0230. The summed E-state index contributed by atoms with van der Waals surface area (Å²) in [5.41, 5.74) is 5.92. The van der Waals surface area contributed by atoms with Crippen molar-refractivity contribution < 1.29 is 4.42 Å². The molecule has 0 N–H and O–H groups in total. The van der Waals surface area contributed by atoms with E-state index in [1.165, 1.54) is 4.88 Å². The molecule has 1 aliphatic rings. The van der Waals surface area contributed by atoms with Crippen molar-refractivity contribution in [3.8, 4) is 17.1 Å². The molecule has 1 unspecified atom stereocenters. The van der Waals surface area contributed by atoms with Crippen LogP contribution in [0.1, 0.15) is 22.9 Å². The standard InChI is InChI=1S/C30H22N4OS/c1-3-11-22(12-4-1)33-20-24(30(32-33)28-18-21-10-7-8-15-27(21)35-28)26-19-25(29-16-9-17-36-29)31-34(26)23-13-5-2-6-14-23/h1-18,20,26H,19H2. The van der Waals surface area contributed by atoms with Gasteiger partial charge in [-0.25, -0.2) is 4.68 Å². The molecule has 0 fully saturated rings. The Hall–Kier alpha value is -4.42. The number of fused-ring (bicyclic) bond motifs is 1. The SMILES string of the molecule is c1ccc(N2N=C(c3cccs3)CC2c2cn(-c3ccccc3)nc2-c2cc3ccccc3o2)cc1. The summed E-state index contributed by atoms with van der Waals surface area (Å²) in [7, 11) is 0. The zero-order valence-electron chi connectivity index (χ0n) is 19.4. The van der Waals surface area contributed by atoms with Crippen molar-refractivity contribution in [2.75, 3.05) is 5.01 Å². The smallest absolute Gasteiger partial charge is 0.156 e. The molecule has 36 heavy (non-hydrogen) atoms. The van der Waals surface area contributed by atoms with Crippen molar-refractivity contribution in [3.05, 3.63) is 125 Å². The van der Waals surface area contributed by atoms with Gasteiger partial charge in [0.1, 0.15) is 11.3 Å². The van der Waals surface area contributed by atoms with Gasteiger partial charge in [0.2, 0.25) is 0 Å². The van der Waals surface area contributed by atoms with Crippen LogP contribution in [0.25, 0.3) is 28.1 Å². The highest BCUT2D eigenvalue weighted by atomic mass is 32.1. The molecular weight excluding hydrogens is 464 g/mol. The highest BCUT2D eigenvalue weighted by Crippen LogP contribution is 2.42. The lowest BCUT2D eigenvalue weighted by Gasteiger charge is -2.23. The van der Waals surface area contributed by atoms with E-state index >= 15 is 0 Å². The van der Waals surface area contributed by atoms with Crippen molar-refractivity contribution in [2.24, 2.45) is 5.10 Å². The fraction of sp³-hybridized carbons (Fsp3) is 0.0667. The molecule has 1 atom stereocenters. The third kappa shape index (κ3) is 3.63. The molecule has 0 saturated heterocycles. The molecule has 7 rings (SSSR count). The average molecular weight is 487 g/mol. The van der Waals surface area contributed by atoms with Crippen molar-refractivity contribution in [2.45, 2.75) is 12.5 Å². The molecule has 5 nitrogen and oxygen atoms in total. The zero-order valence-corrected chi connectivity index (χ0v) is 20.2. The molecule has 174 valence electrons. The van der Waals surface area contributed by atoms with Gasteiger partial charge >= 0.3 is 0 Å². The highest BCUT2D eigenvalue weighted by molar-refractivity contribution is 7.12. The Labute approximate surface area is 212 Å². The van der Waals surface area contributed by atoms with Crippen molar-refractivity contribution in [3.63, 3.8) is 0 Å². The molecule has 1 aliphatic heterocycles. The Morgan fingerprint density at radius 2 is 1.56 bits per heavy atom. The van der Waals surface area contributed by atoms with Gasteiger partial charge in [-0.15, -0.1) is 11.3 Å². The Balaban J connectivity index is 1.40. The van der Waals surface area contributed by atoms with Crippen LogP contribution in [0.2, 0.25) is 0 Å². The van der Waals surface area contributed by atoms with Crippen LogP contribution >= 0.6 is 11.3 Å². The van der Waals surface area contributed by atoms with Crippen LogP contribution in [0.3, 0.4) is 0 Å². The molecule has 0 bridgehead atoms. The monoisotopic (exact) mass is 486 g/mol. The second-order valence-corrected chi connectivity index (χ2v) is 9.73. The van der Waals surface area contributed by atoms with Gasteiger partial charge < -0.3 is 4.42 Å². The van der Waals surface area contributed by atoms with E-state index in [2.05, 4.69) is 77.2 Å². The zero-order chi connectivity index (χ0) is 23.9. The lowest BCUT2D eigenvalue weighted by atomic mass is 10.00. The third-order valence-electron chi connectivity index (χ3n) is 6.52. The summed E-state index contributed by atoms with van der Waals surface area (Å²) in [6.45, 7) is 0. The maximum atomic E-state index is 6.31. The molecule has 0 aliphatic carbocycles. The van der Waals surface area contributed by atoms with Crippen molar-refractivity contribution in [1.82, 2.24) is 9.78 Å². The van der Waals surface area contributed by atoms with Crippen molar-refractivity contribution in [1.29, 1.82) is 0 Å². The van der Waals surface area contributed by atoms with Crippen LogP contribution < -0.4 is 5.01 Å². The molecule has 0 amide bonds. The summed E-state index contributed by atoms with van der Waals surface area (Å²) >= 11 is 1.72. The number of anilines is 1. The van der Waals surface area contributed by atoms with Crippen LogP contribution in [-0.2, 0) is 0 Å². The molecule has 0 spiro atoms. The van der Waals surface area contributed by atoms with E-state index in [1.807, 2.05) is 47.1 Å². The van der Waals surface area contributed by atoms with Gasteiger partial charge in [-0.3, -0.25) is 5.01 Å². The summed E-state index contributed by atoms with van der Waals surface area (Å²) in [6.07, 6.45) is 2.91. The van der Waals surface area contributed by atoms with Gasteiger partial charge in [-0.1, -0.05) is 60.7 Å². The van der Waals surface area contributed by atoms with Crippen LogP contribution in [-0.4, -0.2) is 15.5 Å². The largest absolute Gasteiger partial charge is 0.454 e. The second-order valence-electron chi connectivity index (χ2n) is 8.79. The first-order valence-electron chi connectivity index (χ1n) is 11.9. The van der Waals surface area contributed by atoms with Gasteiger partial charge in [-0.2, -0.15) is 10.2 Å². The topological polar surface area (TPSA) is 46.6 Å². The first-order chi connectivity index (χ1) is 17.8. The van der Waals surface area contributed by atoms with Crippen LogP contribution in [0.15, 0.2) is 124 Å². The van der Waals surface area contributed by atoms with Crippen LogP contribution in [0.4, 0.5) is 5.69 Å². The number of para-hydroxylation sites is 3. The Morgan fingerprint density at radius 3 is 2.31 bits per heavy atom. The first-order valence-corrected chi connectivity index (χ1v) is 12.8. The molecule has 4 heterocycles. The number of aromatic nitrogens is 2. The molecular formula is C30H22N4OS. The van der Waals surface area contributed by atoms with Crippen LogP contribution in [0.5, 0.6) is 0 Å². The summed E-state index contributed by atoms with van der Waals surface area (Å²) < 4.78 is 8.26. The van der Waals surface area contributed by atoms with E-state index in [4.69, 9.17) is 14.6 Å². The van der Waals surface area contributed by atoms with Crippen LogP contribution in [0, 0.1) is 0 Å². The molecule has 3 aromatic heterocycles. The number of hydrogen-bond donors (Lipinski definition) is 0. The fourth-order valence-corrected chi connectivity index (χ4v) is 5.52. The Morgan fingerprint density at radius 1 is 0.806 bits per heavy atom. The minimum Gasteiger partial charge on any atom is -0.454 e. The number of furan rings is 1. The van der Waals surface area contributed by atoms with Gasteiger partial charge in [0, 0.05) is 23.6 Å². The number of benzene rings is 3. The van der Waals surface area contributed by atoms with E-state index in [0.717, 1.165) is 51.5 Å². The van der Waals surface area contributed by atoms with E-state index in [1.54, 1.807) is 11.3 Å². The quantitative estimate of drug-likeness (QED) is 0.251. The summed E-state index contributed by atoms with van der Waals surface area (Å²) in [5.74, 6) is 0.762. The van der Waals surface area contributed by atoms with E-state index in [0.29, 0.717) is 0 Å². The van der Waals surface area contributed by atoms with Gasteiger partial charge in [0.05, 0.1) is 28.0 Å². The van der Waals surface area contributed by atoms with E-state index in [-0.39, 0.29) is 6.04 Å². The number of hydrazone groups is 1. The highest BCUT2D eigenvalue weighted by Gasteiger charge is 2.34. The molecule has 6 heteroatoms. The molecule has 6 aromatic rings. The lowest BCUT2D eigenvalue weighted by Crippen LogP contribution is -2.18. The molecule has 0 saturated carbocycles.